The van der Waals surface area contributed by atoms with Crippen molar-refractivity contribution in [2.75, 3.05) is 5.32 Å². The Morgan fingerprint density at radius 2 is 1.60 bits per heavy atom. The van der Waals surface area contributed by atoms with Crippen molar-refractivity contribution in [3.8, 4) is 22.5 Å². The van der Waals surface area contributed by atoms with Crippen molar-refractivity contribution in [3.05, 3.63) is 88.7 Å². The molecule has 0 unspecified atom stereocenters. The van der Waals surface area contributed by atoms with Gasteiger partial charge in [0, 0.05) is 23.4 Å². The summed E-state index contributed by atoms with van der Waals surface area (Å²) in [5.74, 6) is 0.687. The molecule has 0 atom stereocenters. The molecule has 0 aliphatic carbocycles. The molecule has 0 saturated heterocycles. The summed E-state index contributed by atoms with van der Waals surface area (Å²) >= 11 is 11.9. The second-order valence-electron chi connectivity index (χ2n) is 6.63. The van der Waals surface area contributed by atoms with Crippen LogP contribution in [-0.2, 0) is 11.2 Å². The number of rotatable bonds is 6. The van der Waals surface area contributed by atoms with Gasteiger partial charge in [-0.1, -0.05) is 83.0 Å². The molecule has 0 saturated carbocycles. The summed E-state index contributed by atoms with van der Waals surface area (Å²) in [5.41, 5.74) is 3.61. The average molecular weight is 438 g/mol. The van der Waals surface area contributed by atoms with Gasteiger partial charge in [-0.15, -0.1) is 0 Å². The van der Waals surface area contributed by atoms with Gasteiger partial charge in [-0.05, 0) is 29.3 Å². The van der Waals surface area contributed by atoms with Gasteiger partial charge in [0.05, 0.1) is 10.7 Å². The summed E-state index contributed by atoms with van der Waals surface area (Å²) in [4.78, 5) is 16.6. The van der Waals surface area contributed by atoms with E-state index in [1.165, 1.54) is 0 Å². The van der Waals surface area contributed by atoms with E-state index < -0.39 is 0 Å². The van der Waals surface area contributed by atoms with E-state index in [0.29, 0.717) is 33.9 Å². The first-order valence-electron chi connectivity index (χ1n) is 9.32. The summed E-state index contributed by atoms with van der Waals surface area (Å²) in [6, 6.07) is 23.0. The van der Waals surface area contributed by atoms with Crippen molar-refractivity contribution in [3.63, 3.8) is 0 Å². The number of nitrogens with one attached hydrogen (secondary N) is 1. The molecule has 7 heteroatoms. The van der Waals surface area contributed by atoms with Crippen LogP contribution in [0.3, 0.4) is 0 Å². The van der Waals surface area contributed by atoms with Gasteiger partial charge in [0.2, 0.25) is 17.6 Å². The molecule has 150 valence electrons. The smallest absolute Gasteiger partial charge is 0.227 e. The zero-order valence-corrected chi connectivity index (χ0v) is 17.3. The Labute approximate surface area is 183 Å². The minimum Gasteiger partial charge on any atom is -0.339 e. The van der Waals surface area contributed by atoms with Crippen LogP contribution < -0.4 is 5.32 Å². The molecule has 0 spiro atoms. The predicted octanol–water partition coefficient (Wildman–Crippen LogP) is 6.28. The Kier molecular flexibility index (Phi) is 6.12. The summed E-state index contributed by atoms with van der Waals surface area (Å²) < 4.78 is 5.29. The van der Waals surface area contributed by atoms with Crippen molar-refractivity contribution < 1.29 is 9.32 Å². The third kappa shape index (κ3) is 4.87. The van der Waals surface area contributed by atoms with E-state index in [1.54, 1.807) is 18.2 Å². The third-order valence-corrected chi connectivity index (χ3v) is 5.04. The molecule has 0 bridgehead atoms. The largest absolute Gasteiger partial charge is 0.339 e. The monoisotopic (exact) mass is 437 g/mol. The highest BCUT2D eigenvalue weighted by Gasteiger charge is 2.12. The van der Waals surface area contributed by atoms with Crippen molar-refractivity contribution in [2.45, 2.75) is 12.8 Å². The van der Waals surface area contributed by atoms with Crippen molar-refractivity contribution >= 4 is 34.8 Å². The lowest BCUT2D eigenvalue weighted by atomic mass is 10.0. The fraction of sp³-hybridized carbons (Fsp3) is 0.0870. The van der Waals surface area contributed by atoms with Gasteiger partial charge in [0.25, 0.3) is 0 Å². The lowest BCUT2D eigenvalue weighted by molar-refractivity contribution is -0.116. The van der Waals surface area contributed by atoms with Crippen LogP contribution in [0.1, 0.15) is 12.3 Å². The maximum Gasteiger partial charge on any atom is 0.227 e. The fourth-order valence-corrected chi connectivity index (χ4v) is 3.40. The Hall–Kier alpha value is -3.15. The second kappa shape index (κ2) is 9.11. The van der Waals surface area contributed by atoms with Gasteiger partial charge in [0.1, 0.15) is 0 Å². The highest BCUT2D eigenvalue weighted by molar-refractivity contribution is 6.36. The van der Waals surface area contributed by atoms with Gasteiger partial charge in [-0.2, -0.15) is 4.98 Å². The first-order chi connectivity index (χ1) is 14.6. The first kappa shape index (κ1) is 20.1. The minimum atomic E-state index is -0.203. The highest BCUT2D eigenvalue weighted by atomic mass is 35.5. The number of benzene rings is 3. The first-order valence-corrected chi connectivity index (χ1v) is 10.1. The van der Waals surface area contributed by atoms with Crippen LogP contribution in [0.4, 0.5) is 5.69 Å². The zero-order chi connectivity index (χ0) is 20.9. The molecular weight excluding hydrogens is 421 g/mol. The molecule has 0 radical (unpaired) electrons. The van der Waals surface area contributed by atoms with Crippen LogP contribution in [0.2, 0.25) is 10.0 Å². The Morgan fingerprint density at radius 1 is 0.900 bits per heavy atom. The summed E-state index contributed by atoms with van der Waals surface area (Å²) in [6.07, 6.45) is 0.514. The Bertz CT molecular complexity index is 1160. The lowest BCUT2D eigenvalue weighted by Crippen LogP contribution is -2.12. The molecule has 30 heavy (non-hydrogen) atoms. The standard InChI is InChI=1S/C23H17Cl2N3O2/c24-18-10-11-20(19(25)14-18)26-21(29)12-13-22-27-23(28-30-22)17-8-6-16(7-9-17)15-4-2-1-3-5-15/h1-11,14H,12-13H2,(H,26,29). The van der Waals surface area contributed by atoms with Crippen LogP contribution in [0.25, 0.3) is 22.5 Å². The number of anilines is 1. The lowest BCUT2D eigenvalue weighted by Gasteiger charge is -2.06. The average Bonchev–Trinajstić information content (AvgIpc) is 3.24. The number of carbonyl (C=O) groups excluding carboxylic acids is 1. The summed E-state index contributed by atoms with van der Waals surface area (Å²) in [6.45, 7) is 0. The third-order valence-electron chi connectivity index (χ3n) is 4.49. The van der Waals surface area contributed by atoms with E-state index in [9.17, 15) is 4.79 Å². The summed E-state index contributed by atoms with van der Waals surface area (Å²) in [5, 5.41) is 7.66. The van der Waals surface area contributed by atoms with Crippen molar-refractivity contribution in [1.29, 1.82) is 0 Å². The SMILES string of the molecule is O=C(CCc1nc(-c2ccc(-c3ccccc3)cc2)no1)Nc1ccc(Cl)cc1Cl. The molecule has 3 aromatic carbocycles. The van der Waals surface area contributed by atoms with Crippen LogP contribution in [0, 0.1) is 0 Å². The quantitative estimate of drug-likeness (QED) is 0.385. The number of aryl methyl sites for hydroxylation is 1. The fourth-order valence-electron chi connectivity index (χ4n) is 2.94. The molecule has 0 aliphatic heterocycles. The van der Waals surface area contributed by atoms with E-state index in [-0.39, 0.29) is 12.3 Å². The molecule has 0 aliphatic rings. The van der Waals surface area contributed by atoms with E-state index >= 15 is 0 Å². The van der Waals surface area contributed by atoms with Crippen molar-refractivity contribution in [1.82, 2.24) is 10.1 Å². The molecule has 1 aromatic heterocycles. The second-order valence-corrected chi connectivity index (χ2v) is 7.47. The van der Waals surface area contributed by atoms with E-state index in [0.717, 1.165) is 16.7 Å². The predicted molar refractivity (Wildman–Crippen MR) is 119 cm³/mol. The molecule has 4 rings (SSSR count). The number of carbonyl (C=O) groups is 1. The van der Waals surface area contributed by atoms with E-state index in [2.05, 4.69) is 27.6 Å². The maximum atomic E-state index is 12.2. The van der Waals surface area contributed by atoms with Gasteiger partial charge in [0.15, 0.2) is 0 Å². The van der Waals surface area contributed by atoms with Gasteiger partial charge in [-0.25, -0.2) is 0 Å². The Balaban J connectivity index is 1.36. The van der Waals surface area contributed by atoms with Gasteiger partial charge < -0.3 is 9.84 Å². The van der Waals surface area contributed by atoms with Gasteiger partial charge >= 0.3 is 0 Å². The van der Waals surface area contributed by atoms with E-state index in [4.69, 9.17) is 27.7 Å². The normalized spacial score (nSPS) is 10.7. The van der Waals surface area contributed by atoms with Crippen LogP contribution in [0.5, 0.6) is 0 Å². The number of aromatic nitrogens is 2. The minimum absolute atomic E-state index is 0.188. The Morgan fingerprint density at radius 3 is 2.33 bits per heavy atom. The van der Waals surface area contributed by atoms with Crippen molar-refractivity contribution in [2.24, 2.45) is 0 Å². The summed E-state index contributed by atoms with van der Waals surface area (Å²) in [7, 11) is 0. The van der Waals surface area contributed by atoms with Crippen LogP contribution >= 0.6 is 23.2 Å². The number of amides is 1. The number of halogens is 2. The molecule has 5 nitrogen and oxygen atoms in total. The number of hydrogen-bond donors (Lipinski definition) is 1. The van der Waals surface area contributed by atoms with E-state index in [1.807, 2.05) is 42.5 Å². The maximum absolute atomic E-state index is 12.2. The molecule has 1 heterocycles. The topological polar surface area (TPSA) is 68.0 Å². The van der Waals surface area contributed by atoms with Crippen LogP contribution in [-0.4, -0.2) is 16.0 Å². The molecule has 0 fully saturated rings. The van der Waals surface area contributed by atoms with Crippen LogP contribution in [0.15, 0.2) is 77.3 Å². The molecule has 1 amide bonds. The molecular formula is C23H17Cl2N3O2. The number of hydrogen-bond acceptors (Lipinski definition) is 4. The number of nitrogens with zero attached hydrogens (tertiary/aromatic N) is 2. The molecule has 4 aromatic rings. The molecule has 1 N–H and O–H groups in total. The van der Waals surface area contributed by atoms with Gasteiger partial charge in [-0.3, -0.25) is 4.79 Å². The highest BCUT2D eigenvalue weighted by Crippen LogP contribution is 2.26. The zero-order valence-electron chi connectivity index (χ0n) is 15.8.